The molecule has 0 amide bonds. The van der Waals surface area contributed by atoms with E-state index < -0.39 is 0 Å². The molecular formula is C10H10ClNO3. The normalized spacial score (nSPS) is 13.0. The molecule has 2 aromatic rings. The van der Waals surface area contributed by atoms with Crippen LogP contribution in [0, 0.1) is 0 Å². The highest BCUT2D eigenvalue weighted by molar-refractivity contribution is 6.28. The smallest absolute Gasteiger partial charge is 0.263 e. The van der Waals surface area contributed by atoms with Crippen LogP contribution in [0.1, 0.15) is 18.6 Å². The summed E-state index contributed by atoms with van der Waals surface area (Å²) in [4.78, 5) is 4.04. The number of aliphatic hydroxyl groups excluding tert-OH is 1. The van der Waals surface area contributed by atoms with Gasteiger partial charge in [0, 0.05) is 5.92 Å². The van der Waals surface area contributed by atoms with E-state index in [4.69, 9.17) is 25.5 Å². The van der Waals surface area contributed by atoms with Crippen LogP contribution in [0.3, 0.4) is 0 Å². The second kappa shape index (κ2) is 4.08. The predicted octanol–water partition coefficient (Wildman–Crippen LogP) is 2.68. The SMILES string of the molecule is CC(CO)c1cnc(-c2ccc(Cl)o2)o1. The van der Waals surface area contributed by atoms with Crippen LogP contribution in [-0.4, -0.2) is 16.7 Å². The van der Waals surface area contributed by atoms with E-state index in [1.54, 1.807) is 18.3 Å². The van der Waals surface area contributed by atoms with E-state index in [0.29, 0.717) is 22.6 Å². The van der Waals surface area contributed by atoms with Crippen molar-refractivity contribution < 1.29 is 13.9 Å². The van der Waals surface area contributed by atoms with Gasteiger partial charge in [0.15, 0.2) is 11.0 Å². The zero-order valence-corrected chi connectivity index (χ0v) is 8.86. The van der Waals surface area contributed by atoms with Crippen LogP contribution in [0.4, 0.5) is 0 Å². The van der Waals surface area contributed by atoms with Crippen molar-refractivity contribution in [1.29, 1.82) is 0 Å². The molecular weight excluding hydrogens is 218 g/mol. The summed E-state index contributed by atoms with van der Waals surface area (Å²) in [6.45, 7) is 1.87. The first-order chi connectivity index (χ1) is 7.20. The van der Waals surface area contributed by atoms with Crippen molar-refractivity contribution in [3.8, 4) is 11.7 Å². The van der Waals surface area contributed by atoms with E-state index in [0.717, 1.165) is 0 Å². The van der Waals surface area contributed by atoms with Crippen LogP contribution < -0.4 is 0 Å². The average molecular weight is 228 g/mol. The van der Waals surface area contributed by atoms with Crippen LogP contribution in [0.25, 0.3) is 11.7 Å². The first-order valence-electron chi connectivity index (χ1n) is 4.53. The minimum atomic E-state index is -0.0725. The van der Waals surface area contributed by atoms with E-state index in [2.05, 4.69) is 4.98 Å². The Bertz CT molecular complexity index is 449. The molecule has 1 atom stereocenters. The van der Waals surface area contributed by atoms with Gasteiger partial charge in [-0.25, -0.2) is 4.98 Å². The molecule has 1 unspecified atom stereocenters. The molecule has 2 aromatic heterocycles. The fourth-order valence-electron chi connectivity index (χ4n) is 1.15. The van der Waals surface area contributed by atoms with E-state index >= 15 is 0 Å². The number of nitrogens with zero attached hydrogens (tertiary/aromatic N) is 1. The molecule has 0 saturated heterocycles. The van der Waals surface area contributed by atoms with Crippen LogP contribution >= 0.6 is 11.6 Å². The fourth-order valence-corrected chi connectivity index (χ4v) is 1.29. The predicted molar refractivity (Wildman–Crippen MR) is 54.7 cm³/mol. The Morgan fingerprint density at radius 1 is 1.47 bits per heavy atom. The molecule has 0 radical (unpaired) electrons. The summed E-state index contributed by atoms with van der Waals surface area (Å²) in [6, 6.07) is 3.30. The molecule has 15 heavy (non-hydrogen) atoms. The highest BCUT2D eigenvalue weighted by Gasteiger charge is 2.14. The summed E-state index contributed by atoms with van der Waals surface area (Å²) >= 11 is 5.63. The lowest BCUT2D eigenvalue weighted by molar-refractivity contribution is 0.258. The van der Waals surface area contributed by atoms with Crippen molar-refractivity contribution in [2.45, 2.75) is 12.8 Å². The van der Waals surface area contributed by atoms with E-state index in [1.807, 2.05) is 6.92 Å². The second-order valence-electron chi connectivity index (χ2n) is 3.26. The molecule has 5 heteroatoms. The van der Waals surface area contributed by atoms with Crippen LogP contribution in [-0.2, 0) is 0 Å². The molecule has 0 bridgehead atoms. The Kier molecular flexibility index (Phi) is 2.79. The minimum Gasteiger partial charge on any atom is -0.440 e. The minimum absolute atomic E-state index is 0.0214. The molecule has 0 aliphatic heterocycles. The molecule has 0 aliphatic rings. The van der Waals surface area contributed by atoms with Crippen LogP contribution in [0.5, 0.6) is 0 Å². The number of oxazole rings is 1. The average Bonchev–Trinajstić information content (AvgIpc) is 2.84. The molecule has 80 valence electrons. The number of halogens is 1. The zero-order valence-electron chi connectivity index (χ0n) is 8.11. The highest BCUT2D eigenvalue weighted by atomic mass is 35.5. The van der Waals surface area contributed by atoms with Crippen molar-refractivity contribution in [2.75, 3.05) is 6.61 Å². The Morgan fingerprint density at radius 3 is 2.87 bits per heavy atom. The third-order valence-corrected chi connectivity index (χ3v) is 2.27. The number of rotatable bonds is 3. The summed E-state index contributed by atoms with van der Waals surface area (Å²) in [6.07, 6.45) is 1.58. The number of aromatic nitrogens is 1. The lowest BCUT2D eigenvalue weighted by Crippen LogP contribution is -1.96. The van der Waals surface area contributed by atoms with Crippen molar-refractivity contribution >= 4 is 11.6 Å². The second-order valence-corrected chi connectivity index (χ2v) is 3.63. The first kappa shape index (κ1) is 10.3. The molecule has 0 aliphatic carbocycles. The number of hydrogen-bond donors (Lipinski definition) is 1. The standard InChI is InChI=1S/C10H10ClNO3/c1-6(5-13)8-4-12-10(15-8)7-2-3-9(11)14-7/h2-4,6,13H,5H2,1H3. The van der Waals surface area contributed by atoms with Crippen molar-refractivity contribution in [2.24, 2.45) is 0 Å². The maximum Gasteiger partial charge on any atom is 0.263 e. The van der Waals surface area contributed by atoms with Gasteiger partial charge >= 0.3 is 0 Å². The van der Waals surface area contributed by atoms with Gasteiger partial charge in [0.1, 0.15) is 5.76 Å². The van der Waals surface area contributed by atoms with Crippen molar-refractivity contribution in [3.63, 3.8) is 0 Å². The van der Waals surface area contributed by atoms with Gasteiger partial charge < -0.3 is 13.9 Å². The monoisotopic (exact) mass is 227 g/mol. The molecule has 4 nitrogen and oxygen atoms in total. The molecule has 0 aromatic carbocycles. The summed E-state index contributed by atoms with van der Waals surface area (Å²) in [5.74, 6) is 1.41. The topological polar surface area (TPSA) is 59.4 Å². The van der Waals surface area contributed by atoms with Gasteiger partial charge in [-0.3, -0.25) is 0 Å². The maximum absolute atomic E-state index is 8.94. The van der Waals surface area contributed by atoms with Gasteiger partial charge in [0.05, 0.1) is 12.8 Å². The Balaban J connectivity index is 2.27. The summed E-state index contributed by atoms with van der Waals surface area (Å²) in [5.41, 5.74) is 0. The van der Waals surface area contributed by atoms with Gasteiger partial charge in [0.2, 0.25) is 0 Å². The lowest BCUT2D eigenvalue weighted by Gasteiger charge is -2.00. The number of furan rings is 1. The largest absolute Gasteiger partial charge is 0.440 e. The van der Waals surface area contributed by atoms with Gasteiger partial charge in [0.25, 0.3) is 5.89 Å². The van der Waals surface area contributed by atoms with Gasteiger partial charge in [-0.15, -0.1) is 0 Å². The Hall–Kier alpha value is -1.26. The van der Waals surface area contributed by atoms with Gasteiger partial charge in [-0.2, -0.15) is 0 Å². The number of hydrogen-bond acceptors (Lipinski definition) is 4. The third-order valence-electron chi connectivity index (χ3n) is 2.07. The third kappa shape index (κ3) is 2.06. The molecule has 2 heterocycles. The summed E-state index contributed by atoms with van der Waals surface area (Å²) in [5, 5.41) is 9.23. The molecule has 1 N–H and O–H groups in total. The van der Waals surface area contributed by atoms with Crippen molar-refractivity contribution in [1.82, 2.24) is 4.98 Å². The fraction of sp³-hybridized carbons (Fsp3) is 0.300. The van der Waals surface area contributed by atoms with E-state index in [9.17, 15) is 0 Å². The Morgan fingerprint density at radius 2 is 2.27 bits per heavy atom. The molecule has 0 saturated carbocycles. The summed E-state index contributed by atoms with van der Waals surface area (Å²) < 4.78 is 10.6. The van der Waals surface area contributed by atoms with Crippen LogP contribution in [0.2, 0.25) is 5.22 Å². The highest BCUT2D eigenvalue weighted by Crippen LogP contribution is 2.26. The zero-order chi connectivity index (χ0) is 10.8. The van der Waals surface area contributed by atoms with E-state index in [1.165, 1.54) is 0 Å². The quantitative estimate of drug-likeness (QED) is 0.876. The molecule has 0 fully saturated rings. The lowest BCUT2D eigenvalue weighted by atomic mass is 10.1. The summed E-state index contributed by atoms with van der Waals surface area (Å²) in [7, 11) is 0. The van der Waals surface area contributed by atoms with Crippen LogP contribution in [0.15, 0.2) is 27.2 Å². The molecule has 0 spiro atoms. The first-order valence-corrected chi connectivity index (χ1v) is 4.91. The van der Waals surface area contributed by atoms with Gasteiger partial charge in [-0.05, 0) is 23.7 Å². The maximum atomic E-state index is 8.94. The molecule has 2 rings (SSSR count). The van der Waals surface area contributed by atoms with Crippen molar-refractivity contribution in [3.05, 3.63) is 29.3 Å². The van der Waals surface area contributed by atoms with Gasteiger partial charge in [-0.1, -0.05) is 6.92 Å². The van der Waals surface area contributed by atoms with E-state index in [-0.39, 0.29) is 12.5 Å². The number of aliphatic hydroxyl groups is 1. The Labute approximate surface area is 91.5 Å².